The van der Waals surface area contributed by atoms with Gasteiger partial charge in [-0.2, -0.15) is 0 Å². The van der Waals surface area contributed by atoms with Gasteiger partial charge in [0.1, 0.15) is 11.4 Å². The van der Waals surface area contributed by atoms with Crippen LogP contribution < -0.4 is 0 Å². The smallest absolute Gasteiger partial charge is 0.149 e. The van der Waals surface area contributed by atoms with Crippen molar-refractivity contribution in [3.8, 4) is 0 Å². The fourth-order valence-electron chi connectivity index (χ4n) is 1.80. The first-order valence-electron chi connectivity index (χ1n) is 5.10. The van der Waals surface area contributed by atoms with Crippen LogP contribution in [0, 0.1) is 0 Å². The van der Waals surface area contributed by atoms with E-state index in [0.29, 0.717) is 5.76 Å². The summed E-state index contributed by atoms with van der Waals surface area (Å²) in [5, 5.41) is 10.4. The minimum absolute atomic E-state index is 0.668. The van der Waals surface area contributed by atoms with E-state index in [-0.39, 0.29) is 0 Å². The molecule has 0 unspecified atom stereocenters. The van der Waals surface area contributed by atoms with E-state index in [1.807, 2.05) is 6.07 Å². The van der Waals surface area contributed by atoms with Crippen molar-refractivity contribution in [1.82, 2.24) is 0 Å². The molecule has 0 aliphatic heterocycles. The fraction of sp³-hybridized carbons (Fsp3) is 0.636. The zero-order valence-corrected chi connectivity index (χ0v) is 10.3. The lowest BCUT2D eigenvalue weighted by Crippen LogP contribution is -2.25. The van der Waals surface area contributed by atoms with E-state index < -0.39 is 5.60 Å². The monoisotopic (exact) mass is 260 g/mol. The van der Waals surface area contributed by atoms with Crippen molar-refractivity contribution in [3.05, 3.63) is 22.6 Å². The largest absolute Gasteiger partial charge is 0.465 e. The summed E-state index contributed by atoms with van der Waals surface area (Å²) in [5.74, 6) is 0.668. The van der Waals surface area contributed by atoms with Crippen molar-refractivity contribution in [2.75, 3.05) is 0 Å². The van der Waals surface area contributed by atoms with Crippen molar-refractivity contribution in [3.63, 3.8) is 0 Å². The van der Waals surface area contributed by atoms with Gasteiger partial charge in [-0.15, -0.1) is 0 Å². The molecule has 0 radical (unpaired) electrons. The number of aliphatic hydroxyl groups is 1. The van der Waals surface area contributed by atoms with Gasteiger partial charge in [0.05, 0.1) is 10.7 Å². The van der Waals surface area contributed by atoms with E-state index in [9.17, 15) is 5.11 Å². The van der Waals surface area contributed by atoms with Crippen molar-refractivity contribution >= 4 is 15.9 Å². The quantitative estimate of drug-likeness (QED) is 0.873. The number of hydrogen-bond donors (Lipinski definition) is 1. The third-order valence-electron chi connectivity index (χ3n) is 2.37. The maximum Gasteiger partial charge on any atom is 0.149 e. The normalized spacial score (nSPS) is 12.0. The maximum atomic E-state index is 10.4. The van der Waals surface area contributed by atoms with Gasteiger partial charge in [0.25, 0.3) is 0 Å². The number of halogens is 1. The van der Waals surface area contributed by atoms with Gasteiger partial charge in [-0.3, -0.25) is 0 Å². The standard InChI is InChI=1S/C11H17BrO2/c1-3-6-11(13,7-4-2)10-9(12)5-8-14-10/h5,8,13H,3-4,6-7H2,1-2H3. The van der Waals surface area contributed by atoms with E-state index in [1.54, 1.807) is 6.26 Å². The summed E-state index contributed by atoms with van der Waals surface area (Å²) < 4.78 is 6.20. The molecule has 0 aliphatic rings. The zero-order chi connectivity index (χ0) is 10.6. The molecule has 0 amide bonds. The van der Waals surface area contributed by atoms with Crippen molar-refractivity contribution < 1.29 is 9.52 Å². The van der Waals surface area contributed by atoms with Gasteiger partial charge in [0.2, 0.25) is 0 Å². The Bertz CT molecular complexity index is 275. The summed E-state index contributed by atoms with van der Waals surface area (Å²) in [7, 11) is 0. The molecule has 0 spiro atoms. The van der Waals surface area contributed by atoms with E-state index in [1.165, 1.54) is 0 Å². The minimum atomic E-state index is -0.800. The SMILES string of the molecule is CCCC(O)(CCC)c1occc1Br. The average Bonchev–Trinajstić information content (AvgIpc) is 2.52. The Morgan fingerprint density at radius 2 is 1.93 bits per heavy atom. The zero-order valence-electron chi connectivity index (χ0n) is 8.72. The molecule has 0 atom stereocenters. The molecule has 1 aromatic heterocycles. The molecule has 1 aromatic rings. The molecule has 2 nitrogen and oxygen atoms in total. The van der Waals surface area contributed by atoms with Crippen LogP contribution in [0.1, 0.15) is 45.3 Å². The Morgan fingerprint density at radius 1 is 1.36 bits per heavy atom. The highest BCUT2D eigenvalue weighted by molar-refractivity contribution is 9.10. The van der Waals surface area contributed by atoms with Gasteiger partial charge in [-0.1, -0.05) is 26.7 Å². The summed E-state index contributed by atoms with van der Waals surface area (Å²) in [6, 6.07) is 1.83. The van der Waals surface area contributed by atoms with E-state index in [4.69, 9.17) is 4.42 Å². The Kier molecular flexibility index (Phi) is 4.20. The van der Waals surface area contributed by atoms with Crippen LogP contribution >= 0.6 is 15.9 Å². The molecular weight excluding hydrogens is 244 g/mol. The highest BCUT2D eigenvalue weighted by Crippen LogP contribution is 2.36. The van der Waals surface area contributed by atoms with Crippen LogP contribution in [0.4, 0.5) is 0 Å². The van der Waals surface area contributed by atoms with Gasteiger partial charge in [-0.05, 0) is 34.8 Å². The first kappa shape index (κ1) is 11.8. The lowest BCUT2D eigenvalue weighted by atomic mass is 9.90. The third kappa shape index (κ3) is 2.39. The van der Waals surface area contributed by atoms with Crippen molar-refractivity contribution in [2.24, 2.45) is 0 Å². The van der Waals surface area contributed by atoms with Crippen molar-refractivity contribution in [1.29, 1.82) is 0 Å². The summed E-state index contributed by atoms with van der Waals surface area (Å²) >= 11 is 3.39. The molecule has 0 fully saturated rings. The summed E-state index contributed by atoms with van der Waals surface area (Å²) in [5.41, 5.74) is -0.800. The molecule has 1 rings (SSSR count). The molecule has 1 N–H and O–H groups in total. The Balaban J connectivity index is 2.92. The Hall–Kier alpha value is -0.280. The van der Waals surface area contributed by atoms with Gasteiger partial charge in [-0.25, -0.2) is 0 Å². The lowest BCUT2D eigenvalue weighted by molar-refractivity contribution is -0.00448. The maximum absolute atomic E-state index is 10.4. The van der Waals surface area contributed by atoms with Gasteiger partial charge < -0.3 is 9.52 Å². The summed E-state index contributed by atoms with van der Waals surface area (Å²) in [6.07, 6.45) is 4.99. The molecule has 0 aromatic carbocycles. The van der Waals surface area contributed by atoms with Crippen LogP contribution in [0.3, 0.4) is 0 Å². The number of hydrogen-bond acceptors (Lipinski definition) is 2. The van der Waals surface area contributed by atoms with Crippen molar-refractivity contribution in [2.45, 2.75) is 45.1 Å². The predicted octanol–water partition coefficient (Wildman–Crippen LogP) is 3.83. The lowest BCUT2D eigenvalue weighted by Gasteiger charge is -2.25. The second-order valence-corrected chi connectivity index (χ2v) is 4.48. The molecule has 0 aliphatic carbocycles. The Labute approximate surface area is 93.4 Å². The number of rotatable bonds is 5. The molecule has 0 bridgehead atoms. The van der Waals surface area contributed by atoms with Crippen LogP contribution in [0.25, 0.3) is 0 Å². The second-order valence-electron chi connectivity index (χ2n) is 3.63. The summed E-state index contributed by atoms with van der Waals surface area (Å²) in [4.78, 5) is 0. The topological polar surface area (TPSA) is 33.4 Å². The highest BCUT2D eigenvalue weighted by atomic mass is 79.9. The van der Waals surface area contributed by atoms with Crippen LogP contribution in [-0.4, -0.2) is 5.11 Å². The van der Waals surface area contributed by atoms with Crippen LogP contribution in [0.5, 0.6) is 0 Å². The molecule has 14 heavy (non-hydrogen) atoms. The van der Waals surface area contributed by atoms with Gasteiger partial charge in [0, 0.05) is 0 Å². The fourth-order valence-corrected chi connectivity index (χ4v) is 2.38. The van der Waals surface area contributed by atoms with Gasteiger partial charge >= 0.3 is 0 Å². The minimum Gasteiger partial charge on any atom is -0.465 e. The first-order chi connectivity index (χ1) is 6.64. The number of furan rings is 1. The van der Waals surface area contributed by atoms with Crippen LogP contribution in [0.15, 0.2) is 21.2 Å². The first-order valence-corrected chi connectivity index (χ1v) is 5.89. The van der Waals surface area contributed by atoms with E-state index >= 15 is 0 Å². The molecule has 0 saturated heterocycles. The Morgan fingerprint density at radius 3 is 2.29 bits per heavy atom. The van der Waals surface area contributed by atoms with Crippen LogP contribution in [0.2, 0.25) is 0 Å². The van der Waals surface area contributed by atoms with E-state index in [0.717, 1.165) is 30.2 Å². The highest BCUT2D eigenvalue weighted by Gasteiger charge is 2.32. The summed E-state index contributed by atoms with van der Waals surface area (Å²) in [6.45, 7) is 4.13. The van der Waals surface area contributed by atoms with Gasteiger partial charge in [0.15, 0.2) is 0 Å². The third-order valence-corrected chi connectivity index (χ3v) is 2.99. The van der Waals surface area contributed by atoms with Crippen LogP contribution in [-0.2, 0) is 5.60 Å². The molecule has 3 heteroatoms. The molecular formula is C11H17BrO2. The predicted molar refractivity (Wildman–Crippen MR) is 60.1 cm³/mol. The molecule has 1 heterocycles. The molecule has 80 valence electrons. The van der Waals surface area contributed by atoms with E-state index in [2.05, 4.69) is 29.8 Å². The molecule has 0 saturated carbocycles. The average molecular weight is 261 g/mol. The second kappa shape index (κ2) is 4.99.